The van der Waals surface area contributed by atoms with Crippen LogP contribution in [0.25, 0.3) is 11.0 Å². The van der Waals surface area contributed by atoms with Crippen LogP contribution < -0.4 is 10.2 Å². The van der Waals surface area contributed by atoms with Crippen LogP contribution in [-0.4, -0.2) is 21.0 Å². The van der Waals surface area contributed by atoms with E-state index < -0.39 is 12.4 Å². The number of halogens is 2. The number of aromatic nitrogens is 2. The molecule has 7 nitrogen and oxygen atoms in total. The zero-order chi connectivity index (χ0) is 26.3. The van der Waals surface area contributed by atoms with Crippen molar-refractivity contribution in [2.24, 2.45) is 0 Å². The lowest BCUT2D eigenvalue weighted by Gasteiger charge is -2.22. The Labute approximate surface area is 212 Å². The van der Waals surface area contributed by atoms with Gasteiger partial charge in [0.1, 0.15) is 6.07 Å². The van der Waals surface area contributed by atoms with Crippen molar-refractivity contribution in [3.05, 3.63) is 93.7 Å². The van der Waals surface area contributed by atoms with Crippen LogP contribution in [0.2, 0.25) is 0 Å². The number of nitriles is 1. The van der Waals surface area contributed by atoms with E-state index in [1.54, 1.807) is 24.3 Å². The monoisotopic (exact) mass is 499 g/mol. The van der Waals surface area contributed by atoms with Gasteiger partial charge >= 0.3 is 5.97 Å². The number of carboxylic acid groups (broad SMARTS) is 1. The van der Waals surface area contributed by atoms with Crippen molar-refractivity contribution < 1.29 is 18.7 Å². The number of para-hydroxylation sites is 1. The Bertz CT molecular complexity index is 1580. The predicted octanol–water partition coefficient (Wildman–Crippen LogP) is 6.14. The summed E-state index contributed by atoms with van der Waals surface area (Å²) in [5.74, 6) is -0.651. The molecule has 1 atom stereocenters. The van der Waals surface area contributed by atoms with Crippen molar-refractivity contribution >= 4 is 28.5 Å². The number of alkyl halides is 2. The minimum atomic E-state index is -2.56. The third-order valence-electron chi connectivity index (χ3n) is 6.53. The van der Waals surface area contributed by atoms with Crippen molar-refractivity contribution in [1.29, 1.82) is 5.26 Å². The molecule has 0 fully saturated rings. The normalized spacial score (nSPS) is 13.5. The average molecular weight is 500 g/mol. The summed E-state index contributed by atoms with van der Waals surface area (Å²) in [5, 5.41) is 22.7. The largest absolute Gasteiger partial charge is 0.478 e. The molecule has 1 aliphatic rings. The van der Waals surface area contributed by atoms with E-state index in [9.17, 15) is 23.9 Å². The lowest BCUT2D eigenvalue weighted by molar-refractivity contribution is 0.0698. The van der Waals surface area contributed by atoms with Gasteiger partial charge in [-0.3, -0.25) is 0 Å². The Morgan fingerprint density at radius 3 is 2.59 bits per heavy atom. The first-order valence-electron chi connectivity index (χ1n) is 11.7. The molecule has 0 spiro atoms. The third kappa shape index (κ3) is 4.54. The Morgan fingerprint density at radius 2 is 1.86 bits per heavy atom. The summed E-state index contributed by atoms with van der Waals surface area (Å²) in [6, 6.07) is 16.9. The standard InChI is InChI=1S/C28H23F2N5O2/c1-15-9-21(16(2)32-22-6-4-3-5-20(22)28(36)37)25-23(10-15)33-24(12-31)27(34-25)35-13-18-8-7-17(26(29)30)11-19(18)14-35/h3-11,16,26,32H,13-14H2,1-2H3,(H,36,37)/t16-/m1/s1. The lowest BCUT2D eigenvalue weighted by Crippen LogP contribution is -2.19. The van der Waals surface area contributed by atoms with Crippen molar-refractivity contribution in [2.45, 2.75) is 39.4 Å². The number of nitrogens with zero attached hydrogens (tertiary/aromatic N) is 4. The highest BCUT2D eigenvalue weighted by Gasteiger charge is 2.26. The molecule has 0 bridgehead atoms. The number of nitrogens with one attached hydrogen (secondary N) is 1. The molecule has 37 heavy (non-hydrogen) atoms. The first kappa shape index (κ1) is 24.1. The maximum atomic E-state index is 13.2. The molecule has 9 heteroatoms. The maximum Gasteiger partial charge on any atom is 0.337 e. The number of anilines is 2. The molecule has 0 unspecified atom stereocenters. The summed E-state index contributed by atoms with van der Waals surface area (Å²) in [7, 11) is 0. The first-order chi connectivity index (χ1) is 17.7. The molecule has 1 aromatic heterocycles. The third-order valence-corrected chi connectivity index (χ3v) is 6.53. The van der Waals surface area contributed by atoms with Gasteiger partial charge in [0.2, 0.25) is 0 Å². The Hall–Kier alpha value is -4.58. The van der Waals surface area contributed by atoms with E-state index in [0.717, 1.165) is 22.3 Å². The summed E-state index contributed by atoms with van der Waals surface area (Å²) < 4.78 is 26.4. The zero-order valence-corrected chi connectivity index (χ0v) is 20.2. The first-order valence-corrected chi connectivity index (χ1v) is 11.7. The minimum Gasteiger partial charge on any atom is -0.478 e. The highest BCUT2D eigenvalue weighted by molar-refractivity contribution is 5.94. The number of hydrogen-bond acceptors (Lipinski definition) is 6. The quantitative estimate of drug-likeness (QED) is 0.329. The van der Waals surface area contributed by atoms with Crippen molar-refractivity contribution in [3.8, 4) is 6.07 Å². The Kier molecular flexibility index (Phi) is 6.17. The number of rotatable bonds is 6. The molecule has 5 rings (SSSR count). The van der Waals surface area contributed by atoms with E-state index in [1.807, 2.05) is 30.9 Å². The number of carbonyl (C=O) groups is 1. The van der Waals surface area contributed by atoms with Crippen molar-refractivity contribution in [3.63, 3.8) is 0 Å². The molecule has 2 heterocycles. The van der Waals surface area contributed by atoms with Gasteiger partial charge in [-0.15, -0.1) is 0 Å². The number of fused-ring (bicyclic) bond motifs is 2. The smallest absolute Gasteiger partial charge is 0.337 e. The van der Waals surface area contributed by atoms with Gasteiger partial charge in [0.15, 0.2) is 11.5 Å². The van der Waals surface area contributed by atoms with E-state index in [1.165, 1.54) is 18.2 Å². The molecule has 0 saturated heterocycles. The molecule has 3 aromatic carbocycles. The molecule has 2 N–H and O–H groups in total. The van der Waals surface area contributed by atoms with Crippen LogP contribution in [0.15, 0.2) is 54.6 Å². The van der Waals surface area contributed by atoms with Crippen molar-refractivity contribution in [2.75, 3.05) is 10.2 Å². The SMILES string of the molecule is Cc1cc([C@@H](C)Nc2ccccc2C(=O)O)c2nc(N3Cc4ccc(C(F)F)cc4C3)c(C#N)nc2c1. The van der Waals surface area contributed by atoms with Gasteiger partial charge < -0.3 is 15.3 Å². The van der Waals surface area contributed by atoms with Gasteiger partial charge in [0, 0.05) is 29.9 Å². The summed E-state index contributed by atoms with van der Waals surface area (Å²) in [4.78, 5) is 23.0. The predicted molar refractivity (Wildman–Crippen MR) is 136 cm³/mol. The fraction of sp³-hybridized carbons (Fsp3) is 0.214. The van der Waals surface area contributed by atoms with Crippen LogP contribution in [0, 0.1) is 18.3 Å². The van der Waals surface area contributed by atoms with Crippen LogP contribution in [0.1, 0.15) is 63.3 Å². The van der Waals surface area contributed by atoms with Gasteiger partial charge in [-0.05, 0) is 54.8 Å². The number of benzene rings is 3. The summed E-state index contributed by atoms with van der Waals surface area (Å²) in [6.07, 6.45) is -2.56. The van der Waals surface area contributed by atoms with Gasteiger partial charge in [-0.2, -0.15) is 5.26 Å². The number of aromatic carboxylic acids is 1. The van der Waals surface area contributed by atoms with E-state index >= 15 is 0 Å². The number of hydrogen-bond donors (Lipinski definition) is 2. The highest BCUT2D eigenvalue weighted by atomic mass is 19.3. The fourth-order valence-electron chi connectivity index (χ4n) is 4.76. The topological polar surface area (TPSA) is 102 Å². The van der Waals surface area contributed by atoms with Crippen molar-refractivity contribution in [1.82, 2.24) is 9.97 Å². The summed E-state index contributed by atoms with van der Waals surface area (Å²) >= 11 is 0. The maximum absolute atomic E-state index is 13.2. The van der Waals surface area contributed by atoms with E-state index in [-0.39, 0.29) is 22.9 Å². The van der Waals surface area contributed by atoms with Gasteiger partial charge in [0.25, 0.3) is 6.43 Å². The zero-order valence-electron chi connectivity index (χ0n) is 20.2. The molecule has 186 valence electrons. The van der Waals surface area contributed by atoms with Gasteiger partial charge in [-0.1, -0.05) is 30.3 Å². The Morgan fingerprint density at radius 1 is 1.11 bits per heavy atom. The van der Waals surface area contributed by atoms with Crippen LogP contribution >= 0.6 is 0 Å². The Balaban J connectivity index is 1.56. The number of carboxylic acids is 1. The highest BCUT2D eigenvalue weighted by Crippen LogP contribution is 2.34. The molecule has 0 aliphatic carbocycles. The van der Waals surface area contributed by atoms with Crippen LogP contribution in [0.4, 0.5) is 20.3 Å². The summed E-state index contributed by atoms with van der Waals surface area (Å²) in [6.45, 7) is 4.59. The van der Waals surface area contributed by atoms with E-state index in [2.05, 4.69) is 16.4 Å². The molecular weight excluding hydrogens is 476 g/mol. The molecule has 0 amide bonds. The molecular formula is C28H23F2N5O2. The fourth-order valence-corrected chi connectivity index (χ4v) is 4.76. The van der Waals surface area contributed by atoms with Gasteiger partial charge in [-0.25, -0.2) is 23.5 Å². The molecule has 0 saturated carbocycles. The minimum absolute atomic E-state index is 0.0370. The second-order valence-corrected chi connectivity index (χ2v) is 9.13. The van der Waals surface area contributed by atoms with Crippen LogP contribution in [0.3, 0.4) is 0 Å². The summed E-state index contributed by atoms with van der Waals surface area (Å²) in [5.41, 5.74) is 5.27. The second kappa shape index (κ2) is 9.47. The van der Waals surface area contributed by atoms with E-state index in [0.29, 0.717) is 35.6 Å². The number of aryl methyl sites for hydroxylation is 1. The lowest BCUT2D eigenvalue weighted by atomic mass is 10.0. The van der Waals surface area contributed by atoms with E-state index in [4.69, 9.17) is 4.98 Å². The second-order valence-electron chi connectivity index (χ2n) is 9.13. The van der Waals surface area contributed by atoms with Crippen LogP contribution in [-0.2, 0) is 13.1 Å². The van der Waals surface area contributed by atoms with Gasteiger partial charge in [0.05, 0.1) is 22.6 Å². The average Bonchev–Trinajstić information content (AvgIpc) is 3.30. The van der Waals surface area contributed by atoms with Crippen LogP contribution in [0.5, 0.6) is 0 Å². The molecule has 4 aromatic rings. The molecule has 1 aliphatic heterocycles. The molecule has 0 radical (unpaired) electrons.